The first kappa shape index (κ1) is 92.3. The molecular formula is C79H123NO27. The molecule has 17 atom stereocenters. The van der Waals surface area contributed by atoms with Gasteiger partial charge in [-0.3, -0.25) is 47.9 Å². The molecule has 0 spiro atoms. The van der Waals surface area contributed by atoms with Crippen molar-refractivity contribution in [3.8, 4) is 0 Å². The molecule has 3 aliphatic heterocycles. The molecule has 28 nitrogen and oxygen atoms in total. The fourth-order valence-corrected chi connectivity index (χ4v) is 13.2. The third-order valence-electron chi connectivity index (χ3n) is 18.3. The summed E-state index contributed by atoms with van der Waals surface area (Å²) >= 11 is 0. The molecule has 0 unspecified atom stereocenters. The van der Waals surface area contributed by atoms with Crippen LogP contribution in [0.2, 0.25) is 0 Å². The van der Waals surface area contributed by atoms with Gasteiger partial charge in [0.05, 0.1) is 24.3 Å². The topological polar surface area (TPSA) is 347 Å². The first-order valence-corrected chi connectivity index (χ1v) is 38.8. The molecule has 3 saturated heterocycles. The van der Waals surface area contributed by atoms with Crippen LogP contribution >= 0.6 is 0 Å². The lowest BCUT2D eigenvalue weighted by Crippen LogP contribution is -2.69. The van der Waals surface area contributed by atoms with Gasteiger partial charge in [-0.2, -0.15) is 0 Å². The highest BCUT2D eigenvalue weighted by atomic mass is 16.8. The fourth-order valence-electron chi connectivity index (χ4n) is 13.2. The van der Waals surface area contributed by atoms with Crippen LogP contribution in [0.1, 0.15) is 273 Å². The maximum absolute atomic E-state index is 14.5. The molecule has 4 rings (SSSR count). The summed E-state index contributed by atoms with van der Waals surface area (Å²) in [7, 11) is 0. The highest BCUT2D eigenvalue weighted by Gasteiger charge is 2.60. The van der Waals surface area contributed by atoms with Crippen LogP contribution in [0.5, 0.6) is 0 Å². The number of hydrogen-bond donors (Lipinski definition) is 1. The van der Waals surface area contributed by atoms with Crippen LogP contribution in [0.3, 0.4) is 0 Å². The molecule has 107 heavy (non-hydrogen) atoms. The molecule has 1 amide bonds. The largest absolute Gasteiger partial charge is 0.463 e. The van der Waals surface area contributed by atoms with E-state index in [1.54, 1.807) is 36.4 Å². The van der Waals surface area contributed by atoms with Gasteiger partial charge in [-0.1, -0.05) is 192 Å². The summed E-state index contributed by atoms with van der Waals surface area (Å²) in [6.45, 7) is 13.1. The molecule has 0 saturated carbocycles. The summed E-state index contributed by atoms with van der Waals surface area (Å²) in [5.41, 5.74) is 0.197. The van der Waals surface area contributed by atoms with E-state index in [1.165, 1.54) is 103 Å². The van der Waals surface area contributed by atoms with E-state index in [4.69, 9.17) is 75.8 Å². The number of carbonyl (C=O) groups is 11. The third kappa shape index (κ3) is 36.3. The minimum Gasteiger partial charge on any atom is -0.463 e. The molecule has 0 aliphatic carbocycles. The van der Waals surface area contributed by atoms with Gasteiger partial charge in [-0.05, 0) is 44.4 Å². The van der Waals surface area contributed by atoms with Crippen LogP contribution in [-0.4, -0.2) is 190 Å². The van der Waals surface area contributed by atoms with E-state index < -0.39 is 190 Å². The third-order valence-corrected chi connectivity index (χ3v) is 18.3. The molecule has 3 aliphatic rings. The number of unbranched alkanes of at least 4 members (excludes halogenated alkanes) is 25. The normalized spacial score (nSPS) is 24.7. The SMILES string of the molecule is CCCCCCCCCCCCC/C=C/[C@@H](OC(=O)c1ccccc1)[C@H](CO[C@@H]1O[C@H](COC(C)=O)[C@@H](O[C@@H]2O[C@H](COC(C)=O)[C@@H](OC(C)=O)[C@H](OC(C)=O)[C@@H]2OC(C)=O)[C@H](O[C@@H]2O[C@@H](C)[C@@H](OC(C)=O)[C@@H](OC(C)=O)[C@@H]2OC(C)=O)[C@H]1OC(C)=O)NC(=O)CCCCCCCCCCCCCCCCC. The van der Waals surface area contributed by atoms with Crippen LogP contribution < -0.4 is 5.32 Å². The van der Waals surface area contributed by atoms with Crippen molar-refractivity contribution in [2.24, 2.45) is 0 Å². The van der Waals surface area contributed by atoms with E-state index in [-0.39, 0.29) is 12.0 Å². The van der Waals surface area contributed by atoms with E-state index in [0.29, 0.717) is 12.8 Å². The molecule has 1 N–H and O–H groups in total. The summed E-state index contributed by atoms with van der Waals surface area (Å²) in [5, 5.41) is 3.06. The van der Waals surface area contributed by atoms with Crippen LogP contribution in [0, 0.1) is 0 Å². The maximum Gasteiger partial charge on any atom is 0.338 e. The summed E-state index contributed by atoms with van der Waals surface area (Å²) in [6.07, 6.45) is 5.06. The second-order valence-corrected chi connectivity index (χ2v) is 27.8. The number of hydrogen-bond acceptors (Lipinski definition) is 27. The number of nitrogens with one attached hydrogen (secondary N) is 1. The summed E-state index contributed by atoms with van der Waals surface area (Å²) < 4.78 is 97.7. The highest BCUT2D eigenvalue weighted by molar-refractivity contribution is 5.89. The molecule has 3 heterocycles. The zero-order valence-corrected chi connectivity index (χ0v) is 65.3. The zero-order chi connectivity index (χ0) is 78.6. The van der Waals surface area contributed by atoms with E-state index in [1.807, 2.05) is 6.08 Å². The second kappa shape index (κ2) is 52.1. The predicted octanol–water partition coefficient (Wildman–Crippen LogP) is 11.8. The van der Waals surface area contributed by atoms with E-state index >= 15 is 0 Å². The molecule has 28 heteroatoms. The lowest BCUT2D eigenvalue weighted by molar-refractivity contribution is -0.386. The number of ether oxygens (including phenoxy) is 16. The quantitative estimate of drug-likeness (QED) is 0.0274. The maximum atomic E-state index is 14.5. The van der Waals surface area contributed by atoms with Gasteiger partial charge in [0, 0.05) is 68.7 Å². The van der Waals surface area contributed by atoms with Crippen molar-refractivity contribution in [3.05, 3.63) is 48.0 Å². The Morgan fingerprint density at radius 3 is 1.21 bits per heavy atom. The minimum absolute atomic E-state index is 0.0706. The Bertz CT molecular complexity index is 2870. The number of amides is 1. The second-order valence-electron chi connectivity index (χ2n) is 27.8. The Kier molecular flexibility index (Phi) is 44.9. The van der Waals surface area contributed by atoms with Crippen molar-refractivity contribution in [1.29, 1.82) is 0 Å². The Labute approximate surface area is 632 Å². The fraction of sp³-hybridized carbons (Fsp3) is 0.759. The summed E-state index contributed by atoms with van der Waals surface area (Å²) in [5.74, 6) is -9.66. The standard InChI is InChI=1S/C79H123NO27/c1-13-15-17-19-21-23-25-27-28-30-32-34-36-38-43-47-66(90)80-62(63(103-76(91)61-44-40-39-41-45-61)46-42-37-35-33-31-29-26-24-22-20-18-16-14-2)48-94-77-73(100-58(10)87)72(107-78-74(101-59(11)88)70(98-56(8)85)67(51(3)95-78)96-54(6)83)69(65(104-77)50-93-53(5)82)106-79-75(102-60(12)89)71(99-57(9)86)68(97-55(7)84)64(105-79)49-92-52(4)81/h39-42,44-46,51,62-65,67-75,77-79H,13-38,43,47-50H2,1-12H3,(H,80,90)/b46-42+/t51-,62-,63+,64+,65+,67+,68+,69+,70+,71-,72-,73+,74-,75-,77+,78-,79-/m0/s1. The summed E-state index contributed by atoms with van der Waals surface area (Å²) in [6, 6.07) is 6.98. The molecule has 1 aromatic carbocycles. The smallest absolute Gasteiger partial charge is 0.338 e. The van der Waals surface area contributed by atoms with Crippen molar-refractivity contribution < 1.29 is 129 Å². The highest BCUT2D eigenvalue weighted by Crippen LogP contribution is 2.39. The van der Waals surface area contributed by atoms with Gasteiger partial charge in [0.15, 0.2) is 61.6 Å². The van der Waals surface area contributed by atoms with Crippen LogP contribution in [0.25, 0.3) is 0 Å². The Balaban J connectivity index is 1.90. The first-order chi connectivity index (χ1) is 51.2. The Morgan fingerprint density at radius 1 is 0.402 bits per heavy atom. The monoisotopic (exact) mass is 1520 g/mol. The van der Waals surface area contributed by atoms with Crippen molar-refractivity contribution in [2.45, 2.75) is 367 Å². The van der Waals surface area contributed by atoms with Crippen molar-refractivity contribution in [2.75, 3.05) is 19.8 Å². The van der Waals surface area contributed by atoms with E-state index in [2.05, 4.69) is 19.2 Å². The molecule has 0 radical (unpaired) electrons. The Hall–Kier alpha value is -7.11. The number of rotatable bonds is 51. The van der Waals surface area contributed by atoms with Crippen molar-refractivity contribution in [1.82, 2.24) is 5.32 Å². The lowest BCUT2D eigenvalue weighted by atomic mass is 9.95. The minimum atomic E-state index is -2.07. The average molecular weight is 1520 g/mol. The van der Waals surface area contributed by atoms with Crippen molar-refractivity contribution in [3.63, 3.8) is 0 Å². The first-order valence-electron chi connectivity index (χ1n) is 38.8. The van der Waals surface area contributed by atoms with Gasteiger partial charge in [0.25, 0.3) is 0 Å². The number of carbonyl (C=O) groups excluding carboxylic acids is 11. The van der Waals surface area contributed by atoms with Crippen LogP contribution in [0.15, 0.2) is 42.5 Å². The number of esters is 10. The average Bonchev–Trinajstić information content (AvgIpc) is 0.761. The molecule has 606 valence electrons. The van der Waals surface area contributed by atoms with Gasteiger partial charge < -0.3 is 81.1 Å². The lowest BCUT2D eigenvalue weighted by Gasteiger charge is -2.50. The molecule has 3 fully saturated rings. The van der Waals surface area contributed by atoms with Gasteiger partial charge >= 0.3 is 59.7 Å². The van der Waals surface area contributed by atoms with E-state index in [9.17, 15) is 52.7 Å². The van der Waals surface area contributed by atoms with Gasteiger partial charge in [0.1, 0.15) is 43.7 Å². The predicted molar refractivity (Wildman–Crippen MR) is 387 cm³/mol. The number of benzene rings is 1. The Morgan fingerprint density at radius 2 is 0.766 bits per heavy atom. The number of allylic oxidation sites excluding steroid dienone is 1. The van der Waals surface area contributed by atoms with Gasteiger partial charge in [0.2, 0.25) is 5.91 Å². The molecule has 0 bridgehead atoms. The van der Waals surface area contributed by atoms with Gasteiger partial charge in [-0.25, -0.2) is 4.79 Å². The van der Waals surface area contributed by atoms with Crippen molar-refractivity contribution >= 4 is 65.6 Å². The van der Waals surface area contributed by atoms with Crippen LogP contribution in [-0.2, 0) is 124 Å². The summed E-state index contributed by atoms with van der Waals surface area (Å²) in [4.78, 5) is 146. The zero-order valence-electron chi connectivity index (χ0n) is 65.3. The molecule has 1 aromatic rings. The van der Waals surface area contributed by atoms with Crippen LogP contribution in [0.4, 0.5) is 0 Å². The van der Waals surface area contributed by atoms with E-state index in [0.717, 1.165) is 127 Å². The van der Waals surface area contributed by atoms with Gasteiger partial charge in [-0.15, -0.1) is 0 Å². The molecule has 0 aromatic heterocycles. The molecular weight excluding hydrogens is 1390 g/mol.